The van der Waals surface area contributed by atoms with E-state index in [9.17, 15) is 4.79 Å². The molecule has 1 N–H and O–H groups in total. The molecule has 4 heteroatoms. The van der Waals surface area contributed by atoms with E-state index in [2.05, 4.69) is 10.3 Å². The first kappa shape index (κ1) is 13.8. The fourth-order valence-corrected chi connectivity index (χ4v) is 1.94. The molecule has 20 heavy (non-hydrogen) atoms. The zero-order valence-electron chi connectivity index (χ0n) is 11.2. The molecule has 100 valence electrons. The summed E-state index contributed by atoms with van der Waals surface area (Å²) in [5.74, 6) is -0.148. The Labute approximate surface area is 118 Å². The number of nitrogens with one attached hydrogen (secondary N) is 1. The van der Waals surface area contributed by atoms with Gasteiger partial charge in [0.2, 0.25) is 0 Å². The summed E-state index contributed by atoms with van der Waals surface area (Å²) in [5, 5.41) is 11.7. The van der Waals surface area contributed by atoms with Gasteiger partial charge >= 0.3 is 0 Å². The van der Waals surface area contributed by atoms with Crippen LogP contribution in [-0.2, 0) is 0 Å². The molecular weight excluding hydrogens is 250 g/mol. The normalized spacial score (nSPS) is 11.4. The Balaban J connectivity index is 2.11. The summed E-state index contributed by atoms with van der Waals surface area (Å²) in [4.78, 5) is 16.2. The van der Waals surface area contributed by atoms with E-state index in [1.165, 1.54) is 0 Å². The summed E-state index contributed by atoms with van der Waals surface area (Å²) in [6.07, 6.45) is 4.25. The number of carbonyl (C=O) groups excluding carboxylic acids is 1. The second-order valence-electron chi connectivity index (χ2n) is 4.41. The van der Waals surface area contributed by atoms with Crippen LogP contribution < -0.4 is 5.32 Å². The molecule has 0 unspecified atom stereocenters. The number of benzene rings is 1. The average molecular weight is 265 g/mol. The molecule has 1 atom stereocenters. The largest absolute Gasteiger partial charge is 0.345 e. The lowest BCUT2D eigenvalue weighted by Crippen LogP contribution is -2.28. The highest BCUT2D eigenvalue weighted by Gasteiger charge is 2.14. The highest BCUT2D eigenvalue weighted by atomic mass is 16.1. The van der Waals surface area contributed by atoms with Crippen LogP contribution in [0.2, 0.25) is 0 Å². The fraction of sp³-hybridized carbons (Fsp3) is 0.188. The van der Waals surface area contributed by atoms with Crippen LogP contribution in [0.1, 0.15) is 40.9 Å². The quantitative estimate of drug-likeness (QED) is 0.924. The van der Waals surface area contributed by atoms with Crippen LogP contribution >= 0.6 is 0 Å². The molecule has 4 nitrogen and oxygen atoms in total. The maximum Gasteiger partial charge on any atom is 0.251 e. The molecule has 0 aliphatic heterocycles. The van der Waals surface area contributed by atoms with Crippen LogP contribution in [0, 0.1) is 11.3 Å². The van der Waals surface area contributed by atoms with Crippen LogP contribution in [-0.4, -0.2) is 10.9 Å². The molecule has 1 aromatic heterocycles. The van der Waals surface area contributed by atoms with Crippen molar-refractivity contribution in [2.24, 2.45) is 0 Å². The van der Waals surface area contributed by atoms with E-state index in [-0.39, 0.29) is 11.9 Å². The van der Waals surface area contributed by atoms with E-state index < -0.39 is 0 Å². The molecule has 0 radical (unpaired) electrons. The lowest BCUT2D eigenvalue weighted by molar-refractivity contribution is 0.0935. The molecule has 2 aromatic rings. The summed E-state index contributed by atoms with van der Waals surface area (Å²) >= 11 is 0. The summed E-state index contributed by atoms with van der Waals surface area (Å²) in [6.45, 7) is 2.01. The molecule has 1 amide bonds. The number of hydrogen-bond donors (Lipinski definition) is 1. The van der Waals surface area contributed by atoms with Crippen molar-refractivity contribution in [2.45, 2.75) is 19.4 Å². The van der Waals surface area contributed by atoms with Crippen LogP contribution in [0.4, 0.5) is 0 Å². The van der Waals surface area contributed by atoms with Gasteiger partial charge in [-0.3, -0.25) is 9.78 Å². The van der Waals surface area contributed by atoms with Gasteiger partial charge in [0.05, 0.1) is 17.7 Å². The average Bonchev–Trinajstić information content (AvgIpc) is 2.53. The third-order valence-corrected chi connectivity index (χ3v) is 3.08. The van der Waals surface area contributed by atoms with Gasteiger partial charge in [0.1, 0.15) is 0 Å². The lowest BCUT2D eigenvalue weighted by atomic mass is 10.1. The topological polar surface area (TPSA) is 65.8 Å². The van der Waals surface area contributed by atoms with Crippen LogP contribution in [0.25, 0.3) is 0 Å². The summed E-state index contributed by atoms with van der Waals surface area (Å²) in [7, 11) is 0. The summed E-state index contributed by atoms with van der Waals surface area (Å²) < 4.78 is 0. The zero-order valence-corrected chi connectivity index (χ0v) is 11.2. The first-order valence-corrected chi connectivity index (χ1v) is 6.45. The van der Waals surface area contributed by atoms with E-state index >= 15 is 0 Å². The van der Waals surface area contributed by atoms with Gasteiger partial charge in [-0.2, -0.15) is 5.26 Å². The van der Waals surface area contributed by atoms with Gasteiger partial charge < -0.3 is 5.32 Å². The molecule has 0 fully saturated rings. The van der Waals surface area contributed by atoms with Gasteiger partial charge in [-0.1, -0.05) is 13.0 Å². The predicted octanol–water partition coefficient (Wildman–Crippen LogP) is 2.83. The maximum atomic E-state index is 12.2. The Kier molecular flexibility index (Phi) is 4.46. The third-order valence-electron chi connectivity index (χ3n) is 3.08. The molecule has 1 aromatic carbocycles. The van der Waals surface area contributed by atoms with E-state index in [4.69, 9.17) is 5.26 Å². The zero-order chi connectivity index (χ0) is 14.4. The SMILES string of the molecule is CC[C@@H](NC(=O)c1ccc(C#N)cc1)c1cccnc1. The van der Waals surface area contributed by atoms with Gasteiger partial charge in [-0.25, -0.2) is 0 Å². The number of nitrogens with zero attached hydrogens (tertiary/aromatic N) is 2. The Morgan fingerprint density at radius 1 is 1.35 bits per heavy atom. The van der Waals surface area contributed by atoms with E-state index in [1.54, 1.807) is 36.7 Å². The molecule has 0 aliphatic rings. The van der Waals surface area contributed by atoms with Gasteiger partial charge in [0.15, 0.2) is 0 Å². The number of carbonyl (C=O) groups is 1. The van der Waals surface area contributed by atoms with Crippen LogP contribution in [0.3, 0.4) is 0 Å². The Morgan fingerprint density at radius 2 is 2.10 bits per heavy atom. The number of hydrogen-bond acceptors (Lipinski definition) is 3. The van der Waals surface area contributed by atoms with Gasteiger partial charge in [-0.15, -0.1) is 0 Å². The number of nitriles is 1. The molecule has 0 saturated heterocycles. The van der Waals surface area contributed by atoms with Crippen molar-refractivity contribution in [1.29, 1.82) is 5.26 Å². The number of amides is 1. The summed E-state index contributed by atoms with van der Waals surface area (Å²) in [5.41, 5.74) is 2.07. The molecule has 0 saturated carbocycles. The van der Waals surface area contributed by atoms with Gasteiger partial charge in [0.25, 0.3) is 5.91 Å². The molecule has 0 bridgehead atoms. The van der Waals surface area contributed by atoms with Crippen molar-refractivity contribution >= 4 is 5.91 Å². The van der Waals surface area contributed by atoms with Crippen molar-refractivity contribution in [3.8, 4) is 6.07 Å². The van der Waals surface area contributed by atoms with E-state index in [0.717, 1.165) is 12.0 Å². The highest BCUT2D eigenvalue weighted by Crippen LogP contribution is 2.16. The van der Waals surface area contributed by atoms with Crippen molar-refractivity contribution < 1.29 is 4.79 Å². The first-order valence-electron chi connectivity index (χ1n) is 6.45. The second kappa shape index (κ2) is 6.48. The van der Waals surface area contributed by atoms with Crippen molar-refractivity contribution in [1.82, 2.24) is 10.3 Å². The minimum atomic E-state index is -0.148. The maximum absolute atomic E-state index is 12.2. The van der Waals surface area contributed by atoms with Crippen LogP contribution in [0.5, 0.6) is 0 Å². The summed E-state index contributed by atoms with van der Waals surface area (Å²) in [6, 6.07) is 12.4. The molecular formula is C16H15N3O. The highest BCUT2D eigenvalue weighted by molar-refractivity contribution is 5.94. The molecule has 0 spiro atoms. The second-order valence-corrected chi connectivity index (χ2v) is 4.41. The fourth-order valence-electron chi connectivity index (χ4n) is 1.94. The number of pyridine rings is 1. The standard InChI is InChI=1S/C16H15N3O/c1-2-15(14-4-3-9-18-11-14)19-16(20)13-7-5-12(10-17)6-8-13/h3-9,11,15H,2H2,1H3,(H,19,20)/t15-/m1/s1. The third kappa shape index (κ3) is 3.21. The van der Waals surface area contributed by atoms with E-state index in [0.29, 0.717) is 11.1 Å². The van der Waals surface area contributed by atoms with Gasteiger partial charge in [-0.05, 0) is 42.3 Å². The Morgan fingerprint density at radius 3 is 2.65 bits per heavy atom. The first-order chi connectivity index (χ1) is 9.74. The van der Waals surface area contributed by atoms with Gasteiger partial charge in [0, 0.05) is 18.0 Å². The van der Waals surface area contributed by atoms with E-state index in [1.807, 2.05) is 25.1 Å². The van der Waals surface area contributed by atoms with Crippen molar-refractivity contribution in [2.75, 3.05) is 0 Å². The molecule has 0 aliphatic carbocycles. The smallest absolute Gasteiger partial charge is 0.251 e. The number of aromatic nitrogens is 1. The monoisotopic (exact) mass is 265 g/mol. The van der Waals surface area contributed by atoms with Crippen molar-refractivity contribution in [3.05, 3.63) is 65.5 Å². The predicted molar refractivity (Wildman–Crippen MR) is 75.9 cm³/mol. The lowest BCUT2D eigenvalue weighted by Gasteiger charge is -2.17. The Bertz CT molecular complexity index is 614. The Hall–Kier alpha value is -2.67. The van der Waals surface area contributed by atoms with Crippen LogP contribution in [0.15, 0.2) is 48.8 Å². The number of rotatable bonds is 4. The minimum absolute atomic E-state index is 0.0631. The molecule has 2 rings (SSSR count). The van der Waals surface area contributed by atoms with Crippen molar-refractivity contribution in [3.63, 3.8) is 0 Å². The molecule has 1 heterocycles. The minimum Gasteiger partial charge on any atom is -0.345 e.